The molecule has 5 aliphatic carbocycles. The van der Waals surface area contributed by atoms with Crippen molar-refractivity contribution in [2.45, 2.75) is 102 Å². The van der Waals surface area contributed by atoms with Crippen molar-refractivity contribution >= 4 is 21.7 Å². The molecule has 34 heavy (non-hydrogen) atoms. The molecule has 2 N–H and O–H groups in total. The highest BCUT2D eigenvalue weighted by atomic mass is 79.9. The van der Waals surface area contributed by atoms with Crippen molar-refractivity contribution in [3.63, 3.8) is 0 Å². The first kappa shape index (κ1) is 23.8. The summed E-state index contributed by atoms with van der Waals surface area (Å²) in [5, 5.41) is 23.7. The Bertz CT molecular complexity index is 910. The number of alkyl halides is 1. The maximum atomic E-state index is 12.1. The predicted molar refractivity (Wildman–Crippen MR) is 132 cm³/mol. The largest absolute Gasteiger partial charge is 0.393 e. The highest BCUT2D eigenvalue weighted by Crippen LogP contribution is 2.70. The smallest absolute Gasteiger partial charge is 0.178 e. The van der Waals surface area contributed by atoms with E-state index in [9.17, 15) is 15.0 Å². The van der Waals surface area contributed by atoms with Gasteiger partial charge in [-0.05, 0) is 62.5 Å². The molecule has 5 fully saturated rings. The summed E-state index contributed by atoms with van der Waals surface area (Å²) in [4.78, 5) is 12.1. The number of hydrogen-bond donors (Lipinski definition) is 2. The molecule has 2 unspecified atom stereocenters. The Balaban J connectivity index is 1.36. The van der Waals surface area contributed by atoms with E-state index in [-0.39, 0.29) is 34.9 Å². The van der Waals surface area contributed by atoms with Crippen LogP contribution in [-0.4, -0.2) is 51.5 Å². The number of aliphatic hydroxyl groups is 2. The van der Waals surface area contributed by atoms with Crippen LogP contribution < -0.4 is 0 Å². The summed E-state index contributed by atoms with van der Waals surface area (Å²) >= 11 is 3.56. The Hall–Kier alpha value is -0.530. The molecule has 10 atom stereocenters. The highest BCUT2D eigenvalue weighted by Gasteiger charge is 2.75. The van der Waals surface area contributed by atoms with Gasteiger partial charge in [-0.25, -0.2) is 0 Å². The Morgan fingerprint density at radius 2 is 1.97 bits per heavy atom. The molecule has 0 aromatic heterocycles. The maximum absolute atomic E-state index is 12.1. The molecule has 1 aliphatic heterocycles. The zero-order valence-corrected chi connectivity index (χ0v) is 22.0. The maximum Gasteiger partial charge on any atom is 0.178 e. The van der Waals surface area contributed by atoms with E-state index in [4.69, 9.17) is 9.47 Å². The molecule has 6 rings (SSSR count). The van der Waals surface area contributed by atoms with Crippen LogP contribution in [0.1, 0.15) is 71.6 Å². The molecule has 6 heteroatoms. The van der Waals surface area contributed by atoms with Gasteiger partial charge in [-0.3, -0.25) is 4.79 Å². The molecule has 0 spiro atoms. The zero-order chi connectivity index (χ0) is 23.9. The van der Waals surface area contributed by atoms with Gasteiger partial charge in [-0.15, -0.1) is 0 Å². The average Bonchev–Trinajstić information content (AvgIpc) is 3.32. The van der Waals surface area contributed by atoms with Crippen molar-refractivity contribution < 1.29 is 24.5 Å². The van der Waals surface area contributed by atoms with E-state index >= 15 is 0 Å². The SMILES string of the molecule is C[C@]12C=CC(=O)C=C1CC[C@@H]1[C@@H]2[C@@H](O)C[C@@]2(C)[C@H]1C[C@H]1O[C@@H](C3CCCCC3)OC12C(O)CBr. The van der Waals surface area contributed by atoms with Gasteiger partial charge in [-0.2, -0.15) is 0 Å². The Morgan fingerprint density at radius 1 is 1.21 bits per heavy atom. The first-order chi connectivity index (χ1) is 16.2. The first-order valence-corrected chi connectivity index (χ1v) is 14.6. The number of allylic oxidation sites excluding steroid dienone is 4. The van der Waals surface area contributed by atoms with Gasteiger partial charge in [0, 0.05) is 28.0 Å². The molecule has 0 bridgehead atoms. The molecule has 1 heterocycles. The fourth-order valence-corrected chi connectivity index (χ4v) is 9.96. The third-order valence-corrected chi connectivity index (χ3v) is 11.6. The fourth-order valence-electron chi connectivity index (χ4n) is 9.48. The summed E-state index contributed by atoms with van der Waals surface area (Å²) in [7, 11) is 0. The molecule has 1 saturated heterocycles. The molecule has 0 aromatic rings. The summed E-state index contributed by atoms with van der Waals surface area (Å²) in [6.07, 6.45) is 13.2. The Kier molecular flexibility index (Phi) is 5.78. The van der Waals surface area contributed by atoms with E-state index in [1.807, 2.05) is 0 Å². The van der Waals surface area contributed by atoms with E-state index in [0.717, 1.165) is 32.1 Å². The molecular weight excluding hydrogens is 496 g/mol. The summed E-state index contributed by atoms with van der Waals surface area (Å²) in [5.74, 6) is 1.14. The lowest BCUT2D eigenvalue weighted by molar-refractivity contribution is -0.231. The highest BCUT2D eigenvalue weighted by molar-refractivity contribution is 9.09. The number of ether oxygens (including phenoxy) is 2. The van der Waals surface area contributed by atoms with Gasteiger partial charge < -0.3 is 19.7 Å². The van der Waals surface area contributed by atoms with Crippen molar-refractivity contribution in [1.29, 1.82) is 0 Å². The molecule has 4 saturated carbocycles. The first-order valence-electron chi connectivity index (χ1n) is 13.4. The van der Waals surface area contributed by atoms with Crippen LogP contribution >= 0.6 is 15.9 Å². The van der Waals surface area contributed by atoms with Crippen molar-refractivity contribution in [3.05, 3.63) is 23.8 Å². The van der Waals surface area contributed by atoms with Crippen LogP contribution in [0.2, 0.25) is 0 Å². The second kappa shape index (κ2) is 8.24. The van der Waals surface area contributed by atoms with Crippen LogP contribution in [0, 0.1) is 34.5 Å². The topological polar surface area (TPSA) is 76.0 Å². The number of aliphatic hydroxyl groups excluding tert-OH is 2. The number of halogens is 1. The monoisotopic (exact) mass is 534 g/mol. The minimum atomic E-state index is -0.801. The lowest BCUT2D eigenvalue weighted by atomic mass is 9.46. The zero-order valence-electron chi connectivity index (χ0n) is 20.4. The average molecular weight is 536 g/mol. The molecule has 5 nitrogen and oxygen atoms in total. The van der Waals surface area contributed by atoms with Crippen LogP contribution in [0.25, 0.3) is 0 Å². The summed E-state index contributed by atoms with van der Waals surface area (Å²) in [6.45, 7) is 4.46. The van der Waals surface area contributed by atoms with Gasteiger partial charge in [0.15, 0.2) is 12.1 Å². The second-order valence-electron chi connectivity index (χ2n) is 12.4. The van der Waals surface area contributed by atoms with Gasteiger partial charge in [0.2, 0.25) is 0 Å². The van der Waals surface area contributed by atoms with Crippen molar-refractivity contribution in [2.24, 2.45) is 34.5 Å². The van der Waals surface area contributed by atoms with Crippen LogP contribution in [0.5, 0.6) is 0 Å². The van der Waals surface area contributed by atoms with Gasteiger partial charge >= 0.3 is 0 Å². The number of ketones is 1. The molecule has 0 amide bonds. The van der Waals surface area contributed by atoms with Gasteiger partial charge in [-0.1, -0.05) is 60.7 Å². The van der Waals surface area contributed by atoms with Crippen molar-refractivity contribution in [2.75, 3.05) is 5.33 Å². The molecule has 6 aliphatic rings. The normalized spacial score (nSPS) is 51.3. The number of carbonyl (C=O) groups is 1. The number of hydrogen-bond acceptors (Lipinski definition) is 5. The number of fused-ring (bicyclic) bond motifs is 7. The van der Waals surface area contributed by atoms with Gasteiger partial charge in [0.25, 0.3) is 0 Å². The van der Waals surface area contributed by atoms with Gasteiger partial charge in [0.05, 0.1) is 18.3 Å². The lowest BCUT2D eigenvalue weighted by Gasteiger charge is -2.60. The van der Waals surface area contributed by atoms with Crippen molar-refractivity contribution in [3.8, 4) is 0 Å². The second-order valence-corrected chi connectivity index (χ2v) is 13.1. The molecule has 0 radical (unpaired) electrons. The van der Waals surface area contributed by atoms with E-state index in [1.165, 1.54) is 24.8 Å². The minimum Gasteiger partial charge on any atom is -0.393 e. The number of rotatable bonds is 3. The van der Waals surface area contributed by atoms with Crippen LogP contribution in [-0.2, 0) is 14.3 Å². The Labute approximate surface area is 211 Å². The van der Waals surface area contributed by atoms with E-state index in [2.05, 4.69) is 35.9 Å². The quantitative estimate of drug-likeness (QED) is 0.513. The van der Waals surface area contributed by atoms with Crippen molar-refractivity contribution in [1.82, 2.24) is 0 Å². The standard InChI is InChI=1S/C28H39BrO5/c1-26-11-10-18(30)12-17(26)8-9-19-20-13-23-28(22(32)15-29,27(20,2)14-21(31)24(19)26)34-25(33-23)16-6-4-3-5-7-16/h10-12,16,19-25,31-32H,3-9,13-15H2,1-2H3/t19-,20-,21-,22?,23+,24+,25+,26-,27-,28?/m0/s1. The van der Waals surface area contributed by atoms with Gasteiger partial charge in [0.1, 0.15) is 5.60 Å². The summed E-state index contributed by atoms with van der Waals surface area (Å²) in [6, 6.07) is 0. The minimum absolute atomic E-state index is 0.0615. The molecule has 0 aromatic carbocycles. The third kappa shape index (κ3) is 3.08. The lowest BCUT2D eigenvalue weighted by Crippen LogP contribution is -2.64. The third-order valence-electron chi connectivity index (χ3n) is 11.0. The summed E-state index contributed by atoms with van der Waals surface area (Å²) in [5.41, 5.74) is -0.296. The number of carbonyl (C=O) groups excluding carboxylic acids is 1. The van der Waals surface area contributed by atoms with E-state index in [0.29, 0.717) is 29.5 Å². The summed E-state index contributed by atoms with van der Waals surface area (Å²) < 4.78 is 13.6. The predicted octanol–water partition coefficient (Wildman–Crippen LogP) is 4.69. The molecular formula is C28H39BrO5. The molecule has 188 valence electrons. The van der Waals surface area contributed by atoms with Crippen LogP contribution in [0.15, 0.2) is 23.8 Å². The fraction of sp³-hybridized carbons (Fsp3) is 0.821. The van der Waals surface area contributed by atoms with Crippen LogP contribution in [0.4, 0.5) is 0 Å². The Morgan fingerprint density at radius 3 is 2.71 bits per heavy atom. The van der Waals surface area contributed by atoms with E-state index < -0.39 is 17.8 Å². The van der Waals surface area contributed by atoms with E-state index in [1.54, 1.807) is 12.2 Å². The van der Waals surface area contributed by atoms with Crippen LogP contribution in [0.3, 0.4) is 0 Å².